The van der Waals surface area contributed by atoms with Crippen molar-refractivity contribution >= 4 is 22.6 Å². The first-order valence-electron chi connectivity index (χ1n) is 7.14. The standard InChI is InChI=1S/C16H13ClN6/c1-22-16-12(9-14(17)19-20-16)15(21-22)13-7-8-18-23(13)10-11-5-3-2-4-6-11/h2-9H,10H2,1H3. The fourth-order valence-electron chi connectivity index (χ4n) is 2.63. The largest absolute Gasteiger partial charge is 0.259 e. The molecule has 0 atom stereocenters. The molecule has 0 radical (unpaired) electrons. The Morgan fingerprint density at radius 1 is 1.09 bits per heavy atom. The zero-order valence-electron chi connectivity index (χ0n) is 12.4. The number of hydrogen-bond donors (Lipinski definition) is 0. The van der Waals surface area contributed by atoms with Crippen molar-refractivity contribution < 1.29 is 0 Å². The van der Waals surface area contributed by atoms with Gasteiger partial charge in [0.1, 0.15) is 5.69 Å². The molecule has 0 unspecified atom stereocenters. The van der Waals surface area contributed by atoms with E-state index in [9.17, 15) is 0 Å². The van der Waals surface area contributed by atoms with Crippen LogP contribution >= 0.6 is 11.6 Å². The van der Waals surface area contributed by atoms with E-state index >= 15 is 0 Å². The number of rotatable bonds is 3. The zero-order valence-corrected chi connectivity index (χ0v) is 13.1. The maximum atomic E-state index is 6.00. The predicted octanol–water partition coefficient (Wildman–Crippen LogP) is 2.93. The average molecular weight is 325 g/mol. The topological polar surface area (TPSA) is 61.4 Å². The highest BCUT2D eigenvalue weighted by Crippen LogP contribution is 2.27. The number of halogens is 1. The molecule has 0 N–H and O–H groups in total. The minimum atomic E-state index is 0.348. The van der Waals surface area contributed by atoms with Gasteiger partial charge in [0.25, 0.3) is 0 Å². The van der Waals surface area contributed by atoms with Crippen LogP contribution in [0.25, 0.3) is 22.4 Å². The summed E-state index contributed by atoms with van der Waals surface area (Å²) in [7, 11) is 1.84. The van der Waals surface area contributed by atoms with E-state index in [1.54, 1.807) is 16.9 Å². The SMILES string of the molecule is Cn1nc(-c2ccnn2Cc2ccccc2)c2cc(Cl)nnc21. The average Bonchev–Trinajstić information content (AvgIpc) is 3.13. The third-order valence-electron chi connectivity index (χ3n) is 3.69. The van der Waals surface area contributed by atoms with Gasteiger partial charge in [-0.05, 0) is 17.7 Å². The molecule has 4 aromatic rings. The minimum absolute atomic E-state index is 0.348. The van der Waals surface area contributed by atoms with Crippen molar-refractivity contribution in [3.8, 4) is 11.4 Å². The van der Waals surface area contributed by atoms with Crippen molar-refractivity contribution in [3.63, 3.8) is 0 Å². The molecule has 0 saturated heterocycles. The van der Waals surface area contributed by atoms with Crippen molar-refractivity contribution in [3.05, 3.63) is 59.4 Å². The summed E-state index contributed by atoms with van der Waals surface area (Å²) in [5.74, 6) is 0. The first-order chi connectivity index (χ1) is 11.2. The van der Waals surface area contributed by atoms with Gasteiger partial charge < -0.3 is 0 Å². The van der Waals surface area contributed by atoms with Crippen molar-refractivity contribution in [1.29, 1.82) is 0 Å². The Morgan fingerprint density at radius 3 is 2.74 bits per heavy atom. The molecule has 0 aliphatic rings. The molecule has 23 heavy (non-hydrogen) atoms. The van der Waals surface area contributed by atoms with Gasteiger partial charge in [-0.3, -0.25) is 4.68 Å². The lowest BCUT2D eigenvalue weighted by molar-refractivity contribution is 0.689. The highest BCUT2D eigenvalue weighted by molar-refractivity contribution is 6.30. The zero-order chi connectivity index (χ0) is 15.8. The molecule has 0 bridgehead atoms. The maximum absolute atomic E-state index is 6.00. The van der Waals surface area contributed by atoms with Gasteiger partial charge in [-0.15, -0.1) is 10.2 Å². The highest BCUT2D eigenvalue weighted by Gasteiger charge is 2.16. The van der Waals surface area contributed by atoms with Crippen LogP contribution in [0.4, 0.5) is 0 Å². The molecule has 114 valence electrons. The molecule has 6 nitrogen and oxygen atoms in total. The summed E-state index contributed by atoms with van der Waals surface area (Å²) >= 11 is 6.00. The fourth-order valence-corrected chi connectivity index (χ4v) is 2.78. The normalized spacial score (nSPS) is 11.2. The third-order valence-corrected chi connectivity index (χ3v) is 3.88. The lowest BCUT2D eigenvalue weighted by Gasteiger charge is -2.06. The van der Waals surface area contributed by atoms with E-state index in [1.807, 2.05) is 36.0 Å². The second-order valence-corrected chi connectivity index (χ2v) is 5.62. The smallest absolute Gasteiger partial charge is 0.180 e. The van der Waals surface area contributed by atoms with Gasteiger partial charge in [0.2, 0.25) is 0 Å². The van der Waals surface area contributed by atoms with Gasteiger partial charge in [0, 0.05) is 13.2 Å². The van der Waals surface area contributed by atoms with Gasteiger partial charge >= 0.3 is 0 Å². The van der Waals surface area contributed by atoms with Gasteiger partial charge in [-0.2, -0.15) is 10.2 Å². The van der Waals surface area contributed by atoms with Crippen molar-refractivity contribution in [2.45, 2.75) is 6.54 Å². The van der Waals surface area contributed by atoms with Crippen molar-refractivity contribution in [2.75, 3.05) is 0 Å². The Labute approximate surface area is 137 Å². The summed E-state index contributed by atoms with van der Waals surface area (Å²) in [6.45, 7) is 0.674. The molecule has 0 amide bonds. The molecule has 0 aliphatic carbocycles. The van der Waals surface area contributed by atoms with Crippen LogP contribution in [-0.2, 0) is 13.6 Å². The Hall–Kier alpha value is -2.73. The fraction of sp³-hybridized carbons (Fsp3) is 0.125. The lowest BCUT2D eigenvalue weighted by atomic mass is 10.2. The van der Waals surface area contributed by atoms with Crippen LogP contribution in [-0.4, -0.2) is 29.8 Å². The number of fused-ring (bicyclic) bond motifs is 1. The number of nitrogens with zero attached hydrogens (tertiary/aromatic N) is 6. The third kappa shape index (κ3) is 2.47. The molecule has 7 heteroatoms. The van der Waals surface area contributed by atoms with Crippen LogP contribution < -0.4 is 0 Å². The molecule has 1 aromatic carbocycles. The lowest BCUT2D eigenvalue weighted by Crippen LogP contribution is -2.04. The second kappa shape index (κ2) is 5.48. The quantitative estimate of drug-likeness (QED) is 0.581. The summed E-state index contributed by atoms with van der Waals surface area (Å²) in [6, 6.07) is 13.9. The number of hydrogen-bond acceptors (Lipinski definition) is 4. The molecule has 0 saturated carbocycles. The van der Waals surface area contributed by atoms with Crippen LogP contribution in [0.2, 0.25) is 5.15 Å². The highest BCUT2D eigenvalue weighted by atomic mass is 35.5. The first kappa shape index (κ1) is 13.9. The summed E-state index contributed by atoms with van der Waals surface area (Å²) in [6.07, 6.45) is 1.77. The maximum Gasteiger partial charge on any atom is 0.180 e. The Balaban J connectivity index is 1.83. The summed E-state index contributed by atoms with van der Waals surface area (Å²) < 4.78 is 3.62. The molecule has 3 aromatic heterocycles. The van der Waals surface area contributed by atoms with Crippen LogP contribution in [0.1, 0.15) is 5.56 Å². The molecule has 0 fully saturated rings. The van der Waals surface area contributed by atoms with Gasteiger partial charge in [-0.1, -0.05) is 41.9 Å². The Kier molecular flexibility index (Phi) is 3.31. The predicted molar refractivity (Wildman–Crippen MR) is 88.1 cm³/mol. The van der Waals surface area contributed by atoms with E-state index in [-0.39, 0.29) is 0 Å². The molecule has 4 rings (SSSR count). The van der Waals surface area contributed by atoms with E-state index in [4.69, 9.17) is 11.6 Å². The van der Waals surface area contributed by atoms with Gasteiger partial charge in [-0.25, -0.2) is 4.68 Å². The van der Waals surface area contributed by atoms with Crippen LogP contribution in [0.15, 0.2) is 48.7 Å². The van der Waals surface area contributed by atoms with Crippen LogP contribution in [0.5, 0.6) is 0 Å². The van der Waals surface area contributed by atoms with E-state index in [0.717, 1.165) is 16.8 Å². The summed E-state index contributed by atoms with van der Waals surface area (Å²) in [5.41, 5.74) is 3.59. The minimum Gasteiger partial charge on any atom is -0.259 e. The van der Waals surface area contributed by atoms with Crippen molar-refractivity contribution in [1.82, 2.24) is 29.8 Å². The Morgan fingerprint density at radius 2 is 1.91 bits per heavy atom. The van der Waals surface area contributed by atoms with Crippen molar-refractivity contribution in [2.24, 2.45) is 7.05 Å². The summed E-state index contributed by atoms with van der Waals surface area (Å²) in [5, 5.41) is 18.2. The molecule has 0 aliphatic heterocycles. The molecule has 0 spiro atoms. The van der Waals surface area contributed by atoms with Gasteiger partial charge in [0.15, 0.2) is 10.8 Å². The first-order valence-corrected chi connectivity index (χ1v) is 7.52. The Bertz CT molecular complexity index is 973. The molecular formula is C16H13ClN6. The molecular weight excluding hydrogens is 312 g/mol. The van der Waals surface area contributed by atoms with Gasteiger partial charge in [0.05, 0.1) is 17.6 Å². The number of aromatic nitrogens is 6. The number of benzene rings is 1. The molecule has 3 heterocycles. The summed E-state index contributed by atoms with van der Waals surface area (Å²) in [4.78, 5) is 0. The van der Waals surface area contributed by atoms with E-state index in [0.29, 0.717) is 17.3 Å². The second-order valence-electron chi connectivity index (χ2n) is 5.24. The number of aryl methyl sites for hydroxylation is 1. The van der Waals surface area contributed by atoms with E-state index < -0.39 is 0 Å². The van der Waals surface area contributed by atoms with E-state index in [2.05, 4.69) is 32.5 Å². The monoisotopic (exact) mass is 324 g/mol. The van der Waals surface area contributed by atoms with E-state index in [1.165, 1.54) is 5.56 Å². The van der Waals surface area contributed by atoms with Crippen LogP contribution in [0, 0.1) is 0 Å². The van der Waals surface area contributed by atoms with Crippen LogP contribution in [0.3, 0.4) is 0 Å².